The van der Waals surface area contributed by atoms with E-state index in [1.54, 1.807) is 33.3 Å². The van der Waals surface area contributed by atoms with Crippen molar-refractivity contribution in [2.45, 2.75) is 32.7 Å². The second-order valence-corrected chi connectivity index (χ2v) is 8.20. The van der Waals surface area contributed by atoms with E-state index in [0.717, 1.165) is 23.5 Å². The van der Waals surface area contributed by atoms with Crippen LogP contribution in [0.4, 0.5) is 5.13 Å². The van der Waals surface area contributed by atoms with E-state index < -0.39 is 6.04 Å². The number of benzene rings is 1. The molecule has 150 valence electrons. The van der Waals surface area contributed by atoms with Crippen LogP contribution in [0.3, 0.4) is 0 Å². The molecule has 1 aliphatic rings. The Morgan fingerprint density at radius 3 is 2.62 bits per heavy atom. The highest BCUT2D eigenvalue weighted by Gasteiger charge is 2.34. The molecule has 2 amide bonds. The molecule has 4 rings (SSSR count). The molecule has 7 nitrogen and oxygen atoms in total. The minimum Gasteiger partial charge on any atom is -0.327 e. The summed E-state index contributed by atoms with van der Waals surface area (Å²) in [6, 6.07) is 6.71. The zero-order chi connectivity index (χ0) is 20.5. The molecule has 1 aromatic carbocycles. The number of nitrogens with one attached hydrogen (secondary N) is 1. The number of likely N-dealkylation sites (tertiary alicyclic amines) is 1. The predicted octanol–water partition coefficient (Wildman–Crippen LogP) is 3.84. The Morgan fingerprint density at radius 1 is 1.24 bits per heavy atom. The van der Waals surface area contributed by atoms with Gasteiger partial charge in [-0.15, -0.1) is 11.3 Å². The average Bonchev–Trinajstić information content (AvgIpc) is 3.46. The van der Waals surface area contributed by atoms with Gasteiger partial charge in [0.1, 0.15) is 6.04 Å². The van der Waals surface area contributed by atoms with Gasteiger partial charge in [0, 0.05) is 23.7 Å². The molecule has 0 radical (unpaired) electrons. The van der Waals surface area contributed by atoms with Crippen molar-refractivity contribution >= 4 is 39.9 Å². The summed E-state index contributed by atoms with van der Waals surface area (Å²) in [6.45, 7) is 4.31. The van der Waals surface area contributed by atoms with Crippen molar-refractivity contribution in [2.75, 3.05) is 11.9 Å². The molecule has 0 saturated carbocycles. The van der Waals surface area contributed by atoms with E-state index in [-0.39, 0.29) is 11.8 Å². The van der Waals surface area contributed by atoms with Gasteiger partial charge < -0.3 is 10.2 Å². The summed E-state index contributed by atoms with van der Waals surface area (Å²) in [4.78, 5) is 31.3. The van der Waals surface area contributed by atoms with Gasteiger partial charge in [-0.1, -0.05) is 11.6 Å². The Balaban J connectivity index is 1.51. The lowest BCUT2D eigenvalue weighted by molar-refractivity contribution is -0.119. The van der Waals surface area contributed by atoms with Crippen LogP contribution in [-0.2, 0) is 4.79 Å². The molecule has 1 atom stereocenters. The van der Waals surface area contributed by atoms with Crippen LogP contribution in [-0.4, -0.2) is 44.1 Å². The van der Waals surface area contributed by atoms with Crippen LogP contribution in [0.1, 0.15) is 34.6 Å². The van der Waals surface area contributed by atoms with Crippen molar-refractivity contribution < 1.29 is 9.59 Å². The SMILES string of the molecule is Cc1nn(-c2ccc(C(=O)N3CCCC3C(=O)Nc3nccs3)cc2)c(C)c1Cl. The maximum Gasteiger partial charge on any atom is 0.254 e. The molecule has 1 aliphatic heterocycles. The van der Waals surface area contributed by atoms with Crippen LogP contribution in [0.15, 0.2) is 35.8 Å². The molecular formula is C20H20ClN5O2S. The number of carbonyl (C=O) groups is 2. The number of hydrogen-bond acceptors (Lipinski definition) is 5. The first kappa shape index (κ1) is 19.6. The molecule has 1 N–H and O–H groups in total. The van der Waals surface area contributed by atoms with E-state index in [1.807, 2.05) is 26.0 Å². The monoisotopic (exact) mass is 429 g/mol. The van der Waals surface area contributed by atoms with Gasteiger partial charge in [-0.05, 0) is 51.0 Å². The number of rotatable bonds is 4. The number of anilines is 1. The lowest BCUT2D eigenvalue weighted by atomic mass is 10.1. The lowest BCUT2D eigenvalue weighted by Crippen LogP contribution is -2.43. The summed E-state index contributed by atoms with van der Waals surface area (Å²) in [5.41, 5.74) is 2.97. The minimum absolute atomic E-state index is 0.153. The number of hydrogen-bond donors (Lipinski definition) is 1. The molecule has 1 unspecified atom stereocenters. The minimum atomic E-state index is -0.485. The van der Waals surface area contributed by atoms with Gasteiger partial charge in [0.15, 0.2) is 5.13 Å². The summed E-state index contributed by atoms with van der Waals surface area (Å²) in [7, 11) is 0. The first-order chi connectivity index (χ1) is 14.0. The van der Waals surface area contributed by atoms with Gasteiger partial charge in [-0.25, -0.2) is 9.67 Å². The van der Waals surface area contributed by atoms with Crippen LogP contribution in [0.2, 0.25) is 5.02 Å². The Labute approximate surface area is 177 Å². The highest BCUT2D eigenvalue weighted by atomic mass is 35.5. The first-order valence-electron chi connectivity index (χ1n) is 9.29. The summed E-state index contributed by atoms with van der Waals surface area (Å²) in [5, 5.41) is 10.2. The second kappa shape index (κ2) is 7.96. The molecule has 29 heavy (non-hydrogen) atoms. The Hall–Kier alpha value is -2.71. The van der Waals surface area contributed by atoms with Gasteiger partial charge in [0.05, 0.1) is 22.1 Å². The van der Waals surface area contributed by atoms with Crippen LogP contribution in [0.25, 0.3) is 5.69 Å². The molecule has 3 aromatic rings. The van der Waals surface area contributed by atoms with Gasteiger partial charge in [-0.2, -0.15) is 5.10 Å². The van der Waals surface area contributed by atoms with E-state index >= 15 is 0 Å². The number of carbonyl (C=O) groups excluding carboxylic acids is 2. The fraction of sp³-hybridized carbons (Fsp3) is 0.300. The summed E-state index contributed by atoms with van der Waals surface area (Å²) >= 11 is 7.58. The van der Waals surface area contributed by atoms with Gasteiger partial charge in [0.2, 0.25) is 5.91 Å². The number of thiazole rings is 1. The number of aryl methyl sites for hydroxylation is 1. The topological polar surface area (TPSA) is 80.1 Å². The largest absolute Gasteiger partial charge is 0.327 e. The van der Waals surface area contributed by atoms with Crippen molar-refractivity contribution in [3.05, 3.63) is 57.8 Å². The van der Waals surface area contributed by atoms with Gasteiger partial charge in [0.25, 0.3) is 5.91 Å². The first-order valence-corrected chi connectivity index (χ1v) is 10.5. The van der Waals surface area contributed by atoms with E-state index in [1.165, 1.54) is 11.3 Å². The molecule has 1 saturated heterocycles. The van der Waals surface area contributed by atoms with Crippen molar-refractivity contribution in [3.63, 3.8) is 0 Å². The zero-order valence-corrected chi connectivity index (χ0v) is 17.6. The normalized spacial score (nSPS) is 16.2. The Morgan fingerprint density at radius 2 is 2.00 bits per heavy atom. The fourth-order valence-corrected chi connectivity index (χ4v) is 4.19. The molecule has 3 heterocycles. The van der Waals surface area contributed by atoms with Crippen molar-refractivity contribution in [3.8, 4) is 5.69 Å². The van der Waals surface area contributed by atoms with Crippen LogP contribution in [0.5, 0.6) is 0 Å². The zero-order valence-electron chi connectivity index (χ0n) is 16.1. The van der Waals surface area contributed by atoms with Gasteiger partial charge >= 0.3 is 0 Å². The van der Waals surface area contributed by atoms with Crippen molar-refractivity contribution in [1.29, 1.82) is 0 Å². The van der Waals surface area contributed by atoms with E-state index in [2.05, 4.69) is 15.4 Å². The number of nitrogens with zero attached hydrogens (tertiary/aromatic N) is 4. The highest BCUT2D eigenvalue weighted by molar-refractivity contribution is 7.13. The Bertz CT molecular complexity index is 1050. The van der Waals surface area contributed by atoms with E-state index in [9.17, 15) is 9.59 Å². The predicted molar refractivity (Wildman–Crippen MR) is 113 cm³/mol. The summed E-state index contributed by atoms with van der Waals surface area (Å²) in [6.07, 6.45) is 3.07. The summed E-state index contributed by atoms with van der Waals surface area (Å²) in [5.74, 6) is -0.348. The van der Waals surface area contributed by atoms with Gasteiger partial charge in [-0.3, -0.25) is 9.59 Å². The smallest absolute Gasteiger partial charge is 0.254 e. The Kier molecular flexibility index (Phi) is 5.38. The molecule has 0 bridgehead atoms. The highest BCUT2D eigenvalue weighted by Crippen LogP contribution is 2.25. The van der Waals surface area contributed by atoms with Crippen LogP contribution >= 0.6 is 22.9 Å². The van der Waals surface area contributed by atoms with E-state index in [4.69, 9.17) is 11.6 Å². The third kappa shape index (κ3) is 3.77. The number of amides is 2. The molecular weight excluding hydrogens is 410 g/mol. The maximum absolute atomic E-state index is 13.0. The number of aromatic nitrogens is 3. The average molecular weight is 430 g/mol. The molecule has 0 aliphatic carbocycles. The third-order valence-electron chi connectivity index (χ3n) is 5.04. The van der Waals surface area contributed by atoms with Crippen molar-refractivity contribution in [2.24, 2.45) is 0 Å². The molecule has 0 spiro atoms. The summed E-state index contributed by atoms with van der Waals surface area (Å²) < 4.78 is 1.76. The standard InChI is InChI=1S/C20H20ClN5O2S/c1-12-17(21)13(2)26(24-12)15-7-5-14(6-8-15)19(28)25-10-3-4-16(25)18(27)23-20-22-9-11-29-20/h5-9,11,16H,3-4,10H2,1-2H3,(H,22,23,27). The fourth-order valence-electron chi connectivity index (χ4n) is 3.54. The molecule has 1 fully saturated rings. The second-order valence-electron chi connectivity index (χ2n) is 6.93. The lowest BCUT2D eigenvalue weighted by Gasteiger charge is -2.23. The quantitative estimate of drug-likeness (QED) is 0.683. The van der Waals surface area contributed by atoms with Crippen molar-refractivity contribution in [1.82, 2.24) is 19.7 Å². The molecule has 9 heteroatoms. The molecule has 2 aromatic heterocycles. The number of halogens is 1. The third-order valence-corrected chi connectivity index (χ3v) is 6.28. The van der Waals surface area contributed by atoms with Crippen LogP contribution < -0.4 is 5.32 Å². The van der Waals surface area contributed by atoms with E-state index in [0.29, 0.717) is 28.7 Å². The van der Waals surface area contributed by atoms with Crippen LogP contribution in [0, 0.1) is 13.8 Å². The maximum atomic E-state index is 13.0.